The summed E-state index contributed by atoms with van der Waals surface area (Å²) in [5.41, 5.74) is 8.10. The van der Waals surface area contributed by atoms with Gasteiger partial charge < -0.3 is 11.1 Å². The van der Waals surface area contributed by atoms with Crippen molar-refractivity contribution < 1.29 is 9.63 Å². The average Bonchev–Trinajstić information content (AvgIpc) is 2.77. The summed E-state index contributed by atoms with van der Waals surface area (Å²) >= 11 is 0. The number of nitrogens with two attached hydrogens (primary N) is 1. The van der Waals surface area contributed by atoms with Crippen LogP contribution in [-0.4, -0.2) is 30.7 Å². The van der Waals surface area contributed by atoms with Crippen LogP contribution in [0.1, 0.15) is 12.0 Å². The standard InChI is InChI=1S/C12H17N3O2/c1-9-10(13)4-2-5-11(9)14-12(16)8-15-6-3-7-17-15/h2,4-5H,3,6-8,13H2,1H3,(H,14,16). The first-order valence-electron chi connectivity index (χ1n) is 5.69. The highest BCUT2D eigenvalue weighted by Gasteiger charge is 2.16. The van der Waals surface area contributed by atoms with Gasteiger partial charge in [-0.1, -0.05) is 6.07 Å². The van der Waals surface area contributed by atoms with E-state index in [1.807, 2.05) is 25.1 Å². The second-order valence-corrected chi connectivity index (χ2v) is 4.12. The van der Waals surface area contributed by atoms with Gasteiger partial charge in [0.2, 0.25) is 5.91 Å². The van der Waals surface area contributed by atoms with Crippen LogP contribution in [0.4, 0.5) is 11.4 Å². The number of benzene rings is 1. The van der Waals surface area contributed by atoms with E-state index < -0.39 is 0 Å². The molecule has 0 aliphatic carbocycles. The minimum Gasteiger partial charge on any atom is -0.398 e. The van der Waals surface area contributed by atoms with Gasteiger partial charge in [0.1, 0.15) is 6.54 Å². The van der Waals surface area contributed by atoms with Crippen LogP contribution >= 0.6 is 0 Å². The van der Waals surface area contributed by atoms with E-state index in [1.165, 1.54) is 0 Å². The molecule has 1 saturated heterocycles. The van der Waals surface area contributed by atoms with Crippen LogP contribution in [-0.2, 0) is 9.63 Å². The molecule has 0 unspecified atom stereocenters. The zero-order valence-corrected chi connectivity index (χ0v) is 9.90. The number of hydrogen-bond acceptors (Lipinski definition) is 4. The summed E-state index contributed by atoms with van der Waals surface area (Å²) < 4.78 is 0. The molecule has 3 N–H and O–H groups in total. The second kappa shape index (κ2) is 5.16. The SMILES string of the molecule is Cc1c(N)cccc1NC(=O)CN1CCCO1. The third-order valence-corrected chi connectivity index (χ3v) is 2.80. The molecule has 0 spiro atoms. The predicted octanol–water partition coefficient (Wildman–Crippen LogP) is 1.15. The summed E-state index contributed by atoms with van der Waals surface area (Å²) in [5, 5.41) is 4.51. The van der Waals surface area contributed by atoms with Crippen LogP contribution in [0.2, 0.25) is 0 Å². The number of rotatable bonds is 3. The minimum atomic E-state index is -0.0828. The highest BCUT2D eigenvalue weighted by molar-refractivity contribution is 5.93. The molecule has 0 aromatic heterocycles. The van der Waals surface area contributed by atoms with Crippen molar-refractivity contribution >= 4 is 17.3 Å². The first-order valence-corrected chi connectivity index (χ1v) is 5.69. The molecule has 1 fully saturated rings. The van der Waals surface area contributed by atoms with E-state index in [2.05, 4.69) is 5.32 Å². The maximum atomic E-state index is 11.8. The van der Waals surface area contributed by atoms with Crippen molar-refractivity contribution in [1.29, 1.82) is 0 Å². The lowest BCUT2D eigenvalue weighted by Gasteiger charge is -2.14. The highest BCUT2D eigenvalue weighted by Crippen LogP contribution is 2.20. The lowest BCUT2D eigenvalue weighted by Crippen LogP contribution is -2.30. The van der Waals surface area contributed by atoms with Gasteiger partial charge >= 0.3 is 0 Å². The Labute approximate surface area is 100 Å². The molecular formula is C12H17N3O2. The summed E-state index contributed by atoms with van der Waals surface area (Å²) in [6.07, 6.45) is 0.977. The van der Waals surface area contributed by atoms with E-state index in [9.17, 15) is 4.79 Å². The Balaban J connectivity index is 1.95. The molecule has 0 radical (unpaired) electrons. The van der Waals surface area contributed by atoms with Crippen LogP contribution in [0.15, 0.2) is 18.2 Å². The van der Waals surface area contributed by atoms with Gasteiger partial charge in [-0.2, -0.15) is 5.06 Å². The number of nitrogens with one attached hydrogen (secondary N) is 1. The van der Waals surface area contributed by atoms with E-state index in [0.29, 0.717) is 12.3 Å². The summed E-state index contributed by atoms with van der Waals surface area (Å²) in [6, 6.07) is 5.48. The van der Waals surface area contributed by atoms with Gasteiger partial charge in [-0.25, -0.2) is 0 Å². The second-order valence-electron chi connectivity index (χ2n) is 4.12. The van der Waals surface area contributed by atoms with Crippen molar-refractivity contribution in [2.75, 3.05) is 30.7 Å². The Morgan fingerprint density at radius 2 is 2.41 bits per heavy atom. The first kappa shape index (κ1) is 11.9. The fraction of sp³-hybridized carbons (Fsp3) is 0.417. The van der Waals surface area contributed by atoms with Gasteiger partial charge in [0.05, 0.1) is 6.61 Å². The maximum Gasteiger partial charge on any atom is 0.241 e. The third-order valence-electron chi connectivity index (χ3n) is 2.80. The van der Waals surface area contributed by atoms with Crippen LogP contribution in [0.25, 0.3) is 0 Å². The summed E-state index contributed by atoms with van der Waals surface area (Å²) in [7, 11) is 0. The van der Waals surface area contributed by atoms with E-state index in [4.69, 9.17) is 10.6 Å². The summed E-state index contributed by atoms with van der Waals surface area (Å²) in [6.45, 7) is 3.65. The van der Waals surface area contributed by atoms with Gasteiger partial charge in [0, 0.05) is 17.9 Å². The summed E-state index contributed by atoms with van der Waals surface area (Å²) in [5.74, 6) is -0.0828. The van der Waals surface area contributed by atoms with Crippen LogP contribution in [0.5, 0.6) is 0 Å². The normalized spacial score (nSPS) is 16.1. The number of hydroxylamine groups is 2. The number of nitrogen functional groups attached to an aromatic ring is 1. The number of carbonyl (C=O) groups is 1. The molecule has 0 atom stereocenters. The zero-order chi connectivity index (χ0) is 12.3. The van der Waals surface area contributed by atoms with E-state index in [0.717, 1.165) is 24.2 Å². The highest BCUT2D eigenvalue weighted by atomic mass is 16.7. The van der Waals surface area contributed by atoms with Gasteiger partial charge in [0.25, 0.3) is 0 Å². The zero-order valence-electron chi connectivity index (χ0n) is 9.90. The molecule has 1 aliphatic rings. The van der Waals surface area contributed by atoms with Gasteiger partial charge in [0.15, 0.2) is 0 Å². The van der Waals surface area contributed by atoms with Crippen molar-refractivity contribution in [3.8, 4) is 0 Å². The average molecular weight is 235 g/mol. The molecule has 1 aromatic rings. The number of anilines is 2. The van der Waals surface area contributed by atoms with Crippen molar-refractivity contribution in [3.05, 3.63) is 23.8 Å². The number of carbonyl (C=O) groups excluding carboxylic acids is 1. The number of nitrogens with zero attached hydrogens (tertiary/aromatic N) is 1. The van der Waals surface area contributed by atoms with Gasteiger partial charge in [-0.05, 0) is 31.0 Å². The molecule has 17 heavy (non-hydrogen) atoms. The first-order chi connectivity index (χ1) is 8.16. The number of hydrogen-bond donors (Lipinski definition) is 2. The lowest BCUT2D eigenvalue weighted by atomic mass is 10.1. The molecule has 1 amide bonds. The maximum absolute atomic E-state index is 11.8. The van der Waals surface area contributed by atoms with Gasteiger partial charge in [-0.3, -0.25) is 9.63 Å². The van der Waals surface area contributed by atoms with E-state index >= 15 is 0 Å². The Bertz CT molecular complexity index is 414. The molecule has 0 saturated carbocycles. The predicted molar refractivity (Wildman–Crippen MR) is 66.4 cm³/mol. The molecule has 1 aromatic carbocycles. The number of amides is 1. The van der Waals surface area contributed by atoms with Crippen molar-refractivity contribution in [2.45, 2.75) is 13.3 Å². The van der Waals surface area contributed by atoms with Crippen LogP contribution < -0.4 is 11.1 Å². The van der Waals surface area contributed by atoms with Gasteiger partial charge in [-0.15, -0.1) is 0 Å². The largest absolute Gasteiger partial charge is 0.398 e. The molecule has 2 rings (SSSR count). The monoisotopic (exact) mass is 235 g/mol. The Kier molecular flexibility index (Phi) is 3.61. The third kappa shape index (κ3) is 2.95. The fourth-order valence-electron chi connectivity index (χ4n) is 1.76. The molecule has 5 heteroatoms. The Morgan fingerprint density at radius 3 is 3.12 bits per heavy atom. The van der Waals surface area contributed by atoms with Crippen molar-refractivity contribution in [3.63, 3.8) is 0 Å². The molecule has 1 aliphatic heterocycles. The molecule has 1 heterocycles. The molecular weight excluding hydrogens is 218 g/mol. The summed E-state index contributed by atoms with van der Waals surface area (Å²) in [4.78, 5) is 17.0. The smallest absolute Gasteiger partial charge is 0.241 e. The minimum absolute atomic E-state index is 0.0828. The topological polar surface area (TPSA) is 67.6 Å². The van der Waals surface area contributed by atoms with E-state index in [-0.39, 0.29) is 12.5 Å². The van der Waals surface area contributed by atoms with Crippen molar-refractivity contribution in [2.24, 2.45) is 0 Å². The molecule has 0 bridgehead atoms. The molecule has 5 nitrogen and oxygen atoms in total. The quantitative estimate of drug-likeness (QED) is 0.771. The Morgan fingerprint density at radius 1 is 1.59 bits per heavy atom. The van der Waals surface area contributed by atoms with E-state index in [1.54, 1.807) is 5.06 Å². The van der Waals surface area contributed by atoms with Crippen LogP contribution in [0, 0.1) is 6.92 Å². The van der Waals surface area contributed by atoms with Crippen molar-refractivity contribution in [1.82, 2.24) is 5.06 Å². The Hall–Kier alpha value is -1.59. The fourth-order valence-corrected chi connectivity index (χ4v) is 1.76. The lowest BCUT2D eigenvalue weighted by molar-refractivity contribution is -0.137. The molecule has 92 valence electrons. The van der Waals surface area contributed by atoms with Crippen LogP contribution in [0.3, 0.4) is 0 Å².